The van der Waals surface area contributed by atoms with Crippen molar-refractivity contribution in [2.24, 2.45) is 0 Å². The predicted molar refractivity (Wildman–Crippen MR) is 191 cm³/mol. The molecule has 0 aliphatic rings. The quantitative estimate of drug-likeness (QED) is 0.214. The Morgan fingerprint density at radius 2 is 0.946 bits per heavy atom. The summed E-state index contributed by atoms with van der Waals surface area (Å²) in [6.45, 7) is 53.1. The fourth-order valence-electron chi connectivity index (χ4n) is 4.15. The summed E-state index contributed by atoms with van der Waals surface area (Å²) in [5.74, 6) is 0. The largest absolute Gasteiger partial charge is 0.418 e. The molecule has 0 aliphatic heterocycles. The average Bonchev–Trinajstić information content (AvgIpc) is 2.55. The predicted octanol–water partition coefficient (Wildman–Crippen LogP) is 10.1. The molecule has 0 amide bonds. The van der Waals surface area contributed by atoms with E-state index in [2.05, 4.69) is 153 Å². The maximum Gasteiger partial charge on any atom is 0.184 e. The van der Waals surface area contributed by atoms with Gasteiger partial charge in [-0.1, -0.05) is 66.2 Å². The van der Waals surface area contributed by atoms with E-state index in [1.807, 2.05) is 0 Å². The normalized spacial score (nSPS) is 16.5. The Bertz CT molecular complexity index is 609. The first-order chi connectivity index (χ1) is 15.8. The van der Waals surface area contributed by atoms with E-state index in [4.69, 9.17) is 13.3 Å². The van der Waals surface area contributed by atoms with E-state index in [-0.39, 0.29) is 11.2 Å². The van der Waals surface area contributed by atoms with Crippen LogP contribution in [0.5, 0.6) is 0 Å². The summed E-state index contributed by atoms with van der Waals surface area (Å²) in [6.07, 6.45) is 0. The molecule has 0 heterocycles. The minimum atomic E-state index is -1.41. The van der Waals surface area contributed by atoms with Crippen molar-refractivity contribution in [2.45, 2.75) is 181 Å². The van der Waals surface area contributed by atoms with Gasteiger partial charge in [-0.05, 0) is 98.1 Å². The molecule has 3 nitrogen and oxygen atoms in total. The summed E-state index contributed by atoms with van der Waals surface area (Å²) in [5.41, 5.74) is 2.15. The fourth-order valence-corrected chi connectivity index (χ4v) is 15.0. The highest BCUT2D eigenvalue weighted by atomic mass is 28.4. The Kier molecular flexibility index (Phi) is 18.4. The molecule has 228 valence electrons. The SMILES string of the molecule is CC(C(C)(C)O[Si](C)(C)C)[Si](C)(C)C.CC(O[Si](C)(C)C)[Si](C)(C)C.CC([SiH](C)C)C(C)(C)O[SiH](C)C. The molecule has 37 heavy (non-hydrogen) atoms. The van der Waals surface area contributed by atoms with E-state index >= 15 is 0 Å². The Morgan fingerprint density at radius 1 is 0.568 bits per heavy atom. The van der Waals surface area contributed by atoms with Crippen LogP contribution in [0.15, 0.2) is 0 Å². The second-order valence-electron chi connectivity index (χ2n) is 16.9. The molecule has 0 N–H and O–H groups in total. The summed E-state index contributed by atoms with van der Waals surface area (Å²) < 4.78 is 18.3. The van der Waals surface area contributed by atoms with Crippen molar-refractivity contribution in [3.8, 4) is 0 Å². The van der Waals surface area contributed by atoms with E-state index < -0.39 is 50.6 Å². The number of hydrogen-bond donors (Lipinski definition) is 0. The Hall–Kier alpha value is 1.18. The van der Waals surface area contributed by atoms with Gasteiger partial charge in [0.1, 0.15) is 0 Å². The topological polar surface area (TPSA) is 27.7 Å². The molecular weight excluding hydrogens is 553 g/mol. The van der Waals surface area contributed by atoms with E-state index in [9.17, 15) is 0 Å². The molecule has 0 bridgehead atoms. The second-order valence-corrected chi connectivity index (χ2v) is 42.8. The highest BCUT2D eigenvalue weighted by Gasteiger charge is 2.39. The average molecular weight is 627 g/mol. The van der Waals surface area contributed by atoms with Gasteiger partial charge in [0.2, 0.25) is 0 Å². The molecule has 0 aromatic heterocycles. The van der Waals surface area contributed by atoms with Crippen molar-refractivity contribution >= 4 is 50.6 Å². The smallest absolute Gasteiger partial charge is 0.184 e. The van der Waals surface area contributed by atoms with Crippen LogP contribution in [0.25, 0.3) is 0 Å². The van der Waals surface area contributed by atoms with Crippen molar-refractivity contribution in [3.63, 3.8) is 0 Å². The zero-order chi connectivity index (χ0) is 31.0. The first-order valence-electron chi connectivity index (χ1n) is 14.8. The molecule has 0 spiro atoms. The molecule has 3 unspecified atom stereocenters. The van der Waals surface area contributed by atoms with Gasteiger partial charge < -0.3 is 13.3 Å². The summed E-state index contributed by atoms with van der Waals surface area (Å²) in [4.78, 5) is 0. The van der Waals surface area contributed by atoms with E-state index in [0.717, 1.165) is 5.54 Å². The maximum absolute atomic E-state index is 6.29. The van der Waals surface area contributed by atoms with Crippen LogP contribution in [-0.4, -0.2) is 67.5 Å². The standard InChI is InChI=1S/C11H28OSi2.C9H24OSi2.C8H22OSi2/c1-10(13(4,5)6)11(2,3)12-14(7,8)9;1-8(11(4)5)9(2,3)10-12(6)7;1-8(10(2,3)4)9-11(5,6)7/h10H,1-9H3;8,11-12H,1-7H3;8H,1-7H3. The summed E-state index contributed by atoms with van der Waals surface area (Å²) in [5, 5.41) is 0. The molecule has 0 radical (unpaired) electrons. The molecule has 0 saturated heterocycles. The van der Waals surface area contributed by atoms with Crippen LogP contribution >= 0.6 is 0 Å². The summed E-state index contributed by atoms with van der Waals surface area (Å²) in [7, 11) is -6.29. The van der Waals surface area contributed by atoms with Crippen LogP contribution in [-0.2, 0) is 13.3 Å². The highest BCUT2D eigenvalue weighted by molar-refractivity contribution is 6.79. The summed E-state index contributed by atoms with van der Waals surface area (Å²) in [6, 6.07) is 0. The molecule has 0 fully saturated rings. The van der Waals surface area contributed by atoms with Gasteiger partial charge in [-0.2, -0.15) is 0 Å². The highest BCUT2D eigenvalue weighted by Crippen LogP contribution is 2.37. The second kappa shape index (κ2) is 16.0. The van der Waals surface area contributed by atoms with Crippen molar-refractivity contribution in [1.29, 1.82) is 0 Å². The third kappa shape index (κ3) is 22.5. The first kappa shape index (κ1) is 42.6. The van der Waals surface area contributed by atoms with Crippen LogP contribution in [0.1, 0.15) is 48.5 Å². The lowest BCUT2D eigenvalue weighted by atomic mass is 10.1. The Morgan fingerprint density at radius 3 is 1.14 bits per heavy atom. The van der Waals surface area contributed by atoms with Crippen LogP contribution in [0, 0.1) is 0 Å². The lowest BCUT2D eigenvalue weighted by molar-refractivity contribution is 0.0946. The molecule has 0 aromatic rings. The van der Waals surface area contributed by atoms with Gasteiger partial charge in [-0.25, -0.2) is 0 Å². The first-order valence-corrected chi connectivity index (χ1v) is 34.5. The van der Waals surface area contributed by atoms with E-state index in [1.165, 1.54) is 0 Å². The van der Waals surface area contributed by atoms with Gasteiger partial charge in [0, 0.05) is 14.5 Å². The van der Waals surface area contributed by atoms with E-state index in [1.54, 1.807) is 0 Å². The van der Waals surface area contributed by atoms with Gasteiger partial charge in [-0.15, -0.1) is 0 Å². The maximum atomic E-state index is 6.29. The van der Waals surface area contributed by atoms with Crippen LogP contribution in [0.4, 0.5) is 0 Å². The van der Waals surface area contributed by atoms with Crippen molar-refractivity contribution in [2.75, 3.05) is 0 Å². The van der Waals surface area contributed by atoms with Gasteiger partial charge in [-0.3, -0.25) is 0 Å². The van der Waals surface area contributed by atoms with Crippen molar-refractivity contribution in [1.82, 2.24) is 0 Å². The summed E-state index contributed by atoms with van der Waals surface area (Å²) >= 11 is 0. The van der Waals surface area contributed by atoms with Gasteiger partial charge in [0.05, 0.1) is 27.3 Å². The minimum Gasteiger partial charge on any atom is -0.418 e. The minimum absolute atomic E-state index is 0.0505. The monoisotopic (exact) mass is 626 g/mol. The van der Waals surface area contributed by atoms with Crippen LogP contribution in [0.2, 0.25) is 116 Å². The van der Waals surface area contributed by atoms with Crippen LogP contribution in [0.3, 0.4) is 0 Å². The third-order valence-corrected chi connectivity index (χ3v) is 19.5. The fraction of sp³-hybridized carbons (Fsp3) is 1.00. The van der Waals surface area contributed by atoms with Crippen molar-refractivity contribution < 1.29 is 13.3 Å². The Balaban J connectivity index is -0.000000473. The zero-order valence-corrected chi connectivity index (χ0v) is 36.4. The molecule has 3 atom stereocenters. The third-order valence-electron chi connectivity index (χ3n) is 7.30. The molecule has 0 aliphatic carbocycles. The van der Waals surface area contributed by atoms with Crippen molar-refractivity contribution in [3.05, 3.63) is 0 Å². The molecule has 0 rings (SSSR count). The van der Waals surface area contributed by atoms with E-state index in [0.29, 0.717) is 11.3 Å². The van der Waals surface area contributed by atoms with Gasteiger partial charge in [0.25, 0.3) is 0 Å². The Labute approximate surface area is 244 Å². The van der Waals surface area contributed by atoms with Crippen LogP contribution < -0.4 is 0 Å². The lowest BCUT2D eigenvalue weighted by Crippen LogP contribution is -2.47. The number of hydrogen-bond acceptors (Lipinski definition) is 3. The van der Waals surface area contributed by atoms with Gasteiger partial charge >= 0.3 is 0 Å². The van der Waals surface area contributed by atoms with Gasteiger partial charge in [0.15, 0.2) is 25.7 Å². The molecular formula is C28H74O3Si6. The molecule has 0 saturated carbocycles. The number of rotatable bonds is 11. The lowest BCUT2D eigenvalue weighted by Gasteiger charge is -2.43. The molecule has 0 aromatic carbocycles. The molecule has 9 heteroatoms. The zero-order valence-electron chi connectivity index (χ0n) is 30.1.